The van der Waals surface area contributed by atoms with Gasteiger partial charge in [0.2, 0.25) is 5.91 Å². The molecule has 0 spiro atoms. The molecule has 0 aliphatic carbocycles. The van der Waals surface area contributed by atoms with Crippen LogP contribution in [0.5, 0.6) is 0 Å². The first kappa shape index (κ1) is 19.2. The van der Waals surface area contributed by atoms with Crippen molar-refractivity contribution in [2.75, 3.05) is 31.1 Å². The number of rotatable bonds is 5. The minimum absolute atomic E-state index is 0.00153. The molecule has 1 fully saturated rings. The van der Waals surface area contributed by atoms with Crippen molar-refractivity contribution in [1.82, 2.24) is 4.90 Å². The van der Waals surface area contributed by atoms with E-state index in [2.05, 4.69) is 24.3 Å². The van der Waals surface area contributed by atoms with E-state index in [1.807, 2.05) is 16.7 Å². The van der Waals surface area contributed by atoms with Gasteiger partial charge in [-0.25, -0.2) is 0 Å². The van der Waals surface area contributed by atoms with Gasteiger partial charge in [-0.05, 0) is 31.0 Å². The van der Waals surface area contributed by atoms with Crippen LogP contribution in [0, 0.1) is 17.0 Å². The zero-order chi connectivity index (χ0) is 19.4. The van der Waals surface area contributed by atoms with Gasteiger partial charge < -0.3 is 9.80 Å². The van der Waals surface area contributed by atoms with E-state index in [0.29, 0.717) is 43.3 Å². The maximum atomic E-state index is 12.5. The lowest BCUT2D eigenvalue weighted by Crippen LogP contribution is -2.49. The number of aryl methyl sites for hydroxylation is 2. The maximum Gasteiger partial charge on any atom is 0.294 e. The molecule has 0 atom stereocenters. The minimum atomic E-state index is -0.416. The molecule has 1 aliphatic rings. The van der Waals surface area contributed by atoms with Gasteiger partial charge in [0.15, 0.2) is 0 Å². The first-order chi connectivity index (χ1) is 12.9. The Labute approximate surface area is 163 Å². The third-order valence-corrected chi connectivity index (χ3v) is 5.09. The quantitative estimate of drug-likeness (QED) is 0.577. The standard InChI is InChI=1S/C20H22ClN3O3/c1-15-2-4-16(5-3-15)6-9-20(25)23-12-10-22(11-13-23)18-8-7-17(21)14-19(18)24(26)27/h2-5,7-8,14H,6,9-13H2,1H3. The topological polar surface area (TPSA) is 66.7 Å². The SMILES string of the molecule is Cc1ccc(CCC(=O)N2CCN(c3ccc(Cl)cc3[N+](=O)[O-])CC2)cc1. The first-order valence-corrected chi connectivity index (χ1v) is 9.34. The molecule has 0 radical (unpaired) electrons. The Morgan fingerprint density at radius 2 is 1.78 bits per heavy atom. The molecule has 1 saturated heterocycles. The number of nitro benzene ring substituents is 1. The molecule has 2 aromatic rings. The van der Waals surface area contributed by atoms with E-state index in [9.17, 15) is 14.9 Å². The summed E-state index contributed by atoms with van der Waals surface area (Å²) in [7, 11) is 0. The Morgan fingerprint density at radius 1 is 1.11 bits per heavy atom. The molecule has 0 unspecified atom stereocenters. The summed E-state index contributed by atoms with van der Waals surface area (Å²) in [4.78, 5) is 27.1. The van der Waals surface area contributed by atoms with Crippen LogP contribution in [0.15, 0.2) is 42.5 Å². The van der Waals surface area contributed by atoms with Gasteiger partial charge in [-0.15, -0.1) is 0 Å². The van der Waals surface area contributed by atoms with Gasteiger partial charge in [0, 0.05) is 43.7 Å². The lowest BCUT2D eigenvalue weighted by molar-refractivity contribution is -0.384. The Morgan fingerprint density at radius 3 is 2.41 bits per heavy atom. The van der Waals surface area contributed by atoms with E-state index in [0.717, 1.165) is 12.0 Å². The number of nitrogens with zero attached hydrogens (tertiary/aromatic N) is 3. The van der Waals surface area contributed by atoms with Gasteiger partial charge >= 0.3 is 0 Å². The number of benzene rings is 2. The molecule has 27 heavy (non-hydrogen) atoms. The van der Waals surface area contributed by atoms with Gasteiger partial charge in [-0.3, -0.25) is 14.9 Å². The summed E-state index contributed by atoms with van der Waals surface area (Å²) in [5.41, 5.74) is 2.92. The van der Waals surface area contributed by atoms with Crippen molar-refractivity contribution in [2.24, 2.45) is 0 Å². The van der Waals surface area contributed by atoms with Crippen molar-refractivity contribution < 1.29 is 9.72 Å². The summed E-state index contributed by atoms with van der Waals surface area (Å²) in [6.45, 7) is 4.30. The lowest BCUT2D eigenvalue weighted by Gasteiger charge is -2.36. The minimum Gasteiger partial charge on any atom is -0.362 e. The largest absolute Gasteiger partial charge is 0.362 e. The van der Waals surface area contributed by atoms with Gasteiger partial charge in [-0.2, -0.15) is 0 Å². The van der Waals surface area contributed by atoms with E-state index in [4.69, 9.17) is 11.6 Å². The average molecular weight is 388 g/mol. The van der Waals surface area contributed by atoms with Crippen molar-refractivity contribution >= 4 is 28.9 Å². The fourth-order valence-electron chi connectivity index (χ4n) is 3.27. The molecule has 0 aromatic heterocycles. The van der Waals surface area contributed by atoms with Crippen LogP contribution in [0.4, 0.5) is 11.4 Å². The monoisotopic (exact) mass is 387 g/mol. The summed E-state index contributed by atoms with van der Waals surface area (Å²) in [5.74, 6) is 0.126. The predicted molar refractivity (Wildman–Crippen MR) is 106 cm³/mol. The van der Waals surface area contributed by atoms with Crippen LogP contribution in [0.1, 0.15) is 17.5 Å². The van der Waals surface area contributed by atoms with Gasteiger partial charge in [0.05, 0.1) is 4.92 Å². The number of hydrogen-bond acceptors (Lipinski definition) is 4. The zero-order valence-electron chi connectivity index (χ0n) is 15.2. The van der Waals surface area contributed by atoms with Crippen molar-refractivity contribution in [1.29, 1.82) is 0 Å². The maximum absolute atomic E-state index is 12.5. The number of anilines is 1. The van der Waals surface area contributed by atoms with Crippen LogP contribution in [0.2, 0.25) is 5.02 Å². The second-order valence-corrected chi connectivity index (χ2v) is 7.18. The number of amides is 1. The number of halogens is 1. The van der Waals surface area contributed by atoms with Crippen LogP contribution >= 0.6 is 11.6 Å². The molecule has 1 amide bonds. The van der Waals surface area contributed by atoms with Gasteiger partial charge in [-0.1, -0.05) is 41.4 Å². The molecule has 7 heteroatoms. The fourth-order valence-corrected chi connectivity index (χ4v) is 3.44. The molecule has 1 aliphatic heterocycles. The summed E-state index contributed by atoms with van der Waals surface area (Å²) in [6.07, 6.45) is 1.20. The number of hydrogen-bond donors (Lipinski definition) is 0. The van der Waals surface area contributed by atoms with Crippen molar-refractivity contribution in [3.63, 3.8) is 0 Å². The molecule has 142 valence electrons. The highest BCUT2D eigenvalue weighted by atomic mass is 35.5. The molecular weight excluding hydrogens is 366 g/mol. The third-order valence-electron chi connectivity index (χ3n) is 4.86. The Balaban J connectivity index is 1.56. The zero-order valence-corrected chi connectivity index (χ0v) is 16.0. The normalized spacial score (nSPS) is 14.3. The number of nitro groups is 1. The number of carbonyl (C=O) groups excluding carboxylic acids is 1. The van der Waals surface area contributed by atoms with Crippen LogP contribution in [-0.4, -0.2) is 41.9 Å². The fraction of sp³-hybridized carbons (Fsp3) is 0.350. The average Bonchev–Trinajstić information content (AvgIpc) is 2.67. The van der Waals surface area contributed by atoms with Gasteiger partial charge in [0.1, 0.15) is 5.69 Å². The second-order valence-electron chi connectivity index (χ2n) is 6.74. The highest BCUT2D eigenvalue weighted by molar-refractivity contribution is 6.30. The highest BCUT2D eigenvalue weighted by Gasteiger charge is 2.25. The molecule has 1 heterocycles. The molecular formula is C20H22ClN3O3. The molecule has 0 bridgehead atoms. The van der Waals surface area contributed by atoms with Crippen molar-refractivity contribution in [3.8, 4) is 0 Å². The third kappa shape index (κ3) is 4.77. The van der Waals surface area contributed by atoms with Crippen LogP contribution in [-0.2, 0) is 11.2 Å². The number of piperazine rings is 1. The van der Waals surface area contributed by atoms with E-state index in [1.54, 1.807) is 12.1 Å². The van der Waals surface area contributed by atoms with Crippen molar-refractivity contribution in [2.45, 2.75) is 19.8 Å². The smallest absolute Gasteiger partial charge is 0.294 e. The summed E-state index contributed by atoms with van der Waals surface area (Å²) in [5, 5.41) is 11.6. The summed E-state index contributed by atoms with van der Waals surface area (Å²) < 4.78 is 0. The predicted octanol–water partition coefficient (Wildman–Crippen LogP) is 3.84. The Bertz CT molecular complexity index is 831. The van der Waals surface area contributed by atoms with Gasteiger partial charge in [0.25, 0.3) is 5.69 Å². The Kier molecular flexibility index (Phi) is 5.96. The lowest BCUT2D eigenvalue weighted by atomic mass is 10.1. The highest BCUT2D eigenvalue weighted by Crippen LogP contribution is 2.31. The van der Waals surface area contributed by atoms with E-state index in [1.165, 1.54) is 11.6 Å². The molecule has 6 nitrogen and oxygen atoms in total. The van der Waals surface area contributed by atoms with Crippen LogP contribution in [0.25, 0.3) is 0 Å². The molecule has 0 N–H and O–H groups in total. The summed E-state index contributed by atoms with van der Waals surface area (Å²) in [6, 6.07) is 12.9. The first-order valence-electron chi connectivity index (χ1n) is 8.96. The van der Waals surface area contributed by atoms with Crippen LogP contribution < -0.4 is 4.90 Å². The molecule has 3 rings (SSSR count). The van der Waals surface area contributed by atoms with E-state index >= 15 is 0 Å². The van der Waals surface area contributed by atoms with Crippen molar-refractivity contribution in [3.05, 3.63) is 68.7 Å². The molecule has 2 aromatic carbocycles. The van der Waals surface area contributed by atoms with Crippen LogP contribution in [0.3, 0.4) is 0 Å². The van der Waals surface area contributed by atoms with E-state index in [-0.39, 0.29) is 11.6 Å². The van der Waals surface area contributed by atoms with E-state index < -0.39 is 4.92 Å². The second kappa shape index (κ2) is 8.39. The summed E-state index contributed by atoms with van der Waals surface area (Å²) >= 11 is 5.88. The Hall–Kier alpha value is -2.60. The molecule has 0 saturated carbocycles. The number of carbonyl (C=O) groups is 1.